The standard InChI is InChI=1S/C21H20Cl2N2O7/c1-31-21(30)9-2-4-10(5-3-9)24-13(26)8-32-14(27)7-25-19(28)15-11-6-12(16(15)20(25)29)18(23)17(11)22/h2-5,11-12,15-18H,6-8H2,1H3,(H,24,26)/t11-,12-,15-,16-,17+,18+/m1/s1. The number of carbonyl (C=O) groups excluding carboxylic acids is 5. The average molecular weight is 483 g/mol. The summed E-state index contributed by atoms with van der Waals surface area (Å²) in [6.07, 6.45) is 0.633. The molecule has 1 aromatic rings. The number of hydrogen-bond donors (Lipinski definition) is 1. The summed E-state index contributed by atoms with van der Waals surface area (Å²) in [6.45, 7) is -1.16. The number of halogens is 2. The smallest absolute Gasteiger partial charge is 0.337 e. The highest BCUT2D eigenvalue weighted by Gasteiger charge is 2.66. The van der Waals surface area contributed by atoms with Crippen molar-refractivity contribution in [3.05, 3.63) is 29.8 Å². The SMILES string of the molecule is COC(=O)c1ccc(NC(=O)COC(=O)CN2C(=O)[C@@H]3[C@H]4C[C@@H]([C@H](Cl)[C@H]4Cl)[C@H]3C2=O)cc1. The lowest BCUT2D eigenvalue weighted by molar-refractivity contribution is -0.154. The minimum absolute atomic E-state index is 0.178. The summed E-state index contributed by atoms with van der Waals surface area (Å²) in [5.41, 5.74) is 0.703. The van der Waals surface area contributed by atoms with Gasteiger partial charge in [-0.25, -0.2) is 4.79 Å². The third-order valence-electron chi connectivity index (χ3n) is 6.32. The molecule has 0 unspecified atom stereocenters. The highest BCUT2D eigenvalue weighted by Crippen LogP contribution is 2.59. The molecule has 11 heteroatoms. The number of likely N-dealkylation sites (tertiary alicyclic amines) is 1. The van der Waals surface area contributed by atoms with Crippen molar-refractivity contribution in [1.82, 2.24) is 4.90 Å². The molecule has 1 saturated heterocycles. The number of benzene rings is 1. The van der Waals surface area contributed by atoms with E-state index in [0.29, 0.717) is 17.7 Å². The van der Waals surface area contributed by atoms with Gasteiger partial charge in [0.15, 0.2) is 6.61 Å². The van der Waals surface area contributed by atoms with Crippen LogP contribution in [0.2, 0.25) is 0 Å². The first-order valence-corrected chi connectivity index (χ1v) is 10.9. The van der Waals surface area contributed by atoms with Crippen LogP contribution in [0.1, 0.15) is 16.8 Å². The minimum Gasteiger partial charge on any atom is -0.465 e. The number of imide groups is 1. The number of rotatable bonds is 6. The third-order valence-corrected chi connectivity index (χ3v) is 7.64. The largest absolute Gasteiger partial charge is 0.465 e. The Kier molecular flexibility index (Phi) is 6.13. The van der Waals surface area contributed by atoms with Crippen molar-refractivity contribution < 1.29 is 33.4 Å². The number of ether oxygens (including phenoxy) is 2. The van der Waals surface area contributed by atoms with Crippen molar-refractivity contribution in [3.8, 4) is 0 Å². The topological polar surface area (TPSA) is 119 Å². The molecule has 0 radical (unpaired) electrons. The Morgan fingerprint density at radius 1 is 1.03 bits per heavy atom. The number of alkyl halides is 2. The van der Waals surface area contributed by atoms with Gasteiger partial charge >= 0.3 is 11.9 Å². The normalized spacial score (nSPS) is 30.3. The number of anilines is 1. The summed E-state index contributed by atoms with van der Waals surface area (Å²) < 4.78 is 9.52. The van der Waals surface area contributed by atoms with Crippen LogP contribution in [0.5, 0.6) is 0 Å². The molecule has 170 valence electrons. The van der Waals surface area contributed by atoms with Crippen molar-refractivity contribution in [2.75, 3.05) is 25.6 Å². The van der Waals surface area contributed by atoms with Gasteiger partial charge in [0.25, 0.3) is 5.91 Å². The van der Waals surface area contributed by atoms with E-state index in [1.54, 1.807) is 0 Å². The third kappa shape index (κ3) is 3.84. The molecule has 1 aliphatic heterocycles. The van der Waals surface area contributed by atoms with Gasteiger partial charge in [-0.3, -0.25) is 24.1 Å². The van der Waals surface area contributed by atoms with Crippen molar-refractivity contribution in [2.45, 2.75) is 17.2 Å². The maximum atomic E-state index is 12.7. The minimum atomic E-state index is -0.875. The molecule has 1 heterocycles. The van der Waals surface area contributed by atoms with E-state index in [9.17, 15) is 24.0 Å². The monoisotopic (exact) mass is 482 g/mol. The number of amides is 3. The molecule has 9 nitrogen and oxygen atoms in total. The molecule has 3 aliphatic rings. The number of hydrogen-bond acceptors (Lipinski definition) is 7. The fourth-order valence-electron chi connectivity index (χ4n) is 4.89. The van der Waals surface area contributed by atoms with E-state index in [4.69, 9.17) is 27.9 Å². The van der Waals surface area contributed by atoms with Crippen LogP contribution in [0, 0.1) is 23.7 Å². The molecule has 1 N–H and O–H groups in total. The van der Waals surface area contributed by atoms with Gasteiger partial charge in [-0.05, 0) is 42.5 Å². The predicted molar refractivity (Wildman–Crippen MR) is 112 cm³/mol. The molecule has 4 rings (SSSR count). The molecule has 0 spiro atoms. The molecule has 32 heavy (non-hydrogen) atoms. The zero-order chi connectivity index (χ0) is 23.2. The highest BCUT2D eigenvalue weighted by atomic mass is 35.5. The lowest BCUT2D eigenvalue weighted by Gasteiger charge is -2.28. The van der Waals surface area contributed by atoms with Gasteiger partial charge in [0, 0.05) is 5.69 Å². The number of carbonyl (C=O) groups is 5. The molecular weight excluding hydrogens is 463 g/mol. The Labute approximate surface area is 193 Å². The molecule has 2 saturated carbocycles. The second-order valence-electron chi connectivity index (χ2n) is 8.04. The highest BCUT2D eigenvalue weighted by molar-refractivity contribution is 6.31. The zero-order valence-electron chi connectivity index (χ0n) is 17.0. The second-order valence-corrected chi connectivity index (χ2v) is 9.05. The van der Waals surface area contributed by atoms with E-state index < -0.39 is 54.6 Å². The summed E-state index contributed by atoms with van der Waals surface area (Å²) in [7, 11) is 1.26. The van der Waals surface area contributed by atoms with E-state index in [1.807, 2.05) is 0 Å². The molecule has 2 aliphatic carbocycles. The number of esters is 2. The number of methoxy groups -OCH3 is 1. The molecule has 2 bridgehead atoms. The molecule has 6 atom stereocenters. The van der Waals surface area contributed by atoms with Crippen LogP contribution < -0.4 is 5.32 Å². The lowest BCUT2D eigenvalue weighted by atomic mass is 9.80. The zero-order valence-corrected chi connectivity index (χ0v) is 18.5. The van der Waals surface area contributed by atoms with Gasteiger partial charge in [-0.2, -0.15) is 0 Å². The van der Waals surface area contributed by atoms with E-state index >= 15 is 0 Å². The Bertz CT molecular complexity index is 951. The molecule has 0 aromatic heterocycles. The van der Waals surface area contributed by atoms with Crippen LogP contribution in [0.15, 0.2) is 24.3 Å². The van der Waals surface area contributed by atoms with Crippen LogP contribution in [0.3, 0.4) is 0 Å². The molecule has 3 amide bonds. The summed E-state index contributed by atoms with van der Waals surface area (Å²) in [5.74, 6) is -4.33. The predicted octanol–water partition coefficient (Wildman–Crippen LogP) is 1.42. The Morgan fingerprint density at radius 3 is 2.12 bits per heavy atom. The summed E-state index contributed by atoms with van der Waals surface area (Å²) in [6, 6.07) is 5.93. The van der Waals surface area contributed by atoms with E-state index in [0.717, 1.165) is 4.90 Å². The lowest BCUT2D eigenvalue weighted by Crippen LogP contribution is -2.38. The molecule has 1 aromatic carbocycles. The van der Waals surface area contributed by atoms with Crippen molar-refractivity contribution >= 4 is 58.5 Å². The first-order chi connectivity index (χ1) is 15.2. The number of nitrogens with zero attached hydrogens (tertiary/aromatic N) is 1. The van der Waals surface area contributed by atoms with Crippen molar-refractivity contribution in [2.24, 2.45) is 23.7 Å². The Balaban J connectivity index is 1.28. The van der Waals surface area contributed by atoms with Gasteiger partial charge in [0.05, 0.1) is 35.3 Å². The van der Waals surface area contributed by atoms with Crippen LogP contribution in [-0.2, 0) is 28.7 Å². The molecule has 3 fully saturated rings. The summed E-state index contributed by atoms with van der Waals surface area (Å²) in [4.78, 5) is 62.0. The number of nitrogens with one attached hydrogen (secondary N) is 1. The first kappa shape index (κ1) is 22.5. The summed E-state index contributed by atoms with van der Waals surface area (Å²) >= 11 is 12.6. The average Bonchev–Trinajstić information content (AvgIpc) is 3.38. The van der Waals surface area contributed by atoms with Crippen LogP contribution in [-0.4, -0.2) is 65.6 Å². The quantitative estimate of drug-likeness (QED) is 0.369. The Morgan fingerprint density at radius 2 is 1.59 bits per heavy atom. The van der Waals surface area contributed by atoms with Gasteiger partial charge in [0.2, 0.25) is 11.8 Å². The van der Waals surface area contributed by atoms with Gasteiger partial charge in [-0.15, -0.1) is 23.2 Å². The van der Waals surface area contributed by atoms with Crippen molar-refractivity contribution in [1.29, 1.82) is 0 Å². The van der Waals surface area contributed by atoms with Crippen LogP contribution >= 0.6 is 23.2 Å². The molecular formula is C21H20Cl2N2O7. The van der Waals surface area contributed by atoms with Gasteiger partial charge in [0.1, 0.15) is 6.54 Å². The number of fused-ring (bicyclic) bond motifs is 5. The maximum absolute atomic E-state index is 12.7. The first-order valence-electron chi connectivity index (χ1n) is 10.00. The maximum Gasteiger partial charge on any atom is 0.337 e. The second kappa shape index (κ2) is 8.71. The summed E-state index contributed by atoms with van der Waals surface area (Å²) in [5, 5.41) is 1.75. The van der Waals surface area contributed by atoms with E-state index in [-0.39, 0.29) is 22.6 Å². The van der Waals surface area contributed by atoms with E-state index in [1.165, 1.54) is 31.4 Å². The van der Waals surface area contributed by atoms with Crippen LogP contribution in [0.25, 0.3) is 0 Å². The fourth-order valence-corrected chi connectivity index (χ4v) is 5.78. The van der Waals surface area contributed by atoms with E-state index in [2.05, 4.69) is 10.1 Å². The van der Waals surface area contributed by atoms with Gasteiger partial charge in [-0.1, -0.05) is 0 Å². The van der Waals surface area contributed by atoms with Crippen LogP contribution in [0.4, 0.5) is 5.69 Å². The Hall–Kier alpha value is -2.65. The fraction of sp³-hybridized carbons (Fsp3) is 0.476. The van der Waals surface area contributed by atoms with Gasteiger partial charge < -0.3 is 14.8 Å². The van der Waals surface area contributed by atoms with Crippen molar-refractivity contribution in [3.63, 3.8) is 0 Å².